The minimum absolute atomic E-state index is 0.557. The number of rotatable bonds is 3. The molecule has 0 bridgehead atoms. The first kappa shape index (κ1) is 9.68. The van der Waals surface area contributed by atoms with Crippen molar-refractivity contribution in [3.8, 4) is 11.5 Å². The van der Waals surface area contributed by atoms with Gasteiger partial charge >= 0.3 is 0 Å². The van der Waals surface area contributed by atoms with Crippen LogP contribution in [0, 0.1) is 0 Å². The smallest absolute Gasteiger partial charge is 0.225 e. The van der Waals surface area contributed by atoms with E-state index in [9.17, 15) is 0 Å². The standard InChI is InChI=1S/C12H12N2O/c13-7-1-2-10-3-5-11(6-4-10)12-14-8-9-15-12/h1-6,8-9H,7,13H2/b2-1+. The fraction of sp³-hybridized carbons (Fsp3) is 0.0833. The van der Waals surface area contributed by atoms with Gasteiger partial charge in [0.25, 0.3) is 0 Å². The van der Waals surface area contributed by atoms with Crippen LogP contribution in [-0.4, -0.2) is 11.5 Å². The van der Waals surface area contributed by atoms with Gasteiger partial charge in [-0.25, -0.2) is 4.98 Å². The summed E-state index contributed by atoms with van der Waals surface area (Å²) in [6, 6.07) is 7.96. The molecule has 15 heavy (non-hydrogen) atoms. The molecule has 0 fully saturated rings. The Morgan fingerprint density at radius 1 is 1.27 bits per heavy atom. The average Bonchev–Trinajstić information content (AvgIpc) is 2.80. The molecule has 1 aromatic carbocycles. The zero-order chi connectivity index (χ0) is 10.5. The van der Waals surface area contributed by atoms with Crippen molar-refractivity contribution in [2.45, 2.75) is 0 Å². The first-order chi connectivity index (χ1) is 7.40. The molecule has 1 aromatic heterocycles. The maximum atomic E-state index is 5.37. The van der Waals surface area contributed by atoms with Crippen molar-refractivity contribution < 1.29 is 4.42 Å². The van der Waals surface area contributed by atoms with Gasteiger partial charge in [-0.3, -0.25) is 0 Å². The molecule has 0 unspecified atom stereocenters. The average molecular weight is 200 g/mol. The van der Waals surface area contributed by atoms with Gasteiger partial charge in [0.1, 0.15) is 6.26 Å². The molecular weight excluding hydrogens is 188 g/mol. The number of hydrogen-bond acceptors (Lipinski definition) is 3. The molecule has 0 saturated heterocycles. The number of aromatic nitrogens is 1. The summed E-state index contributed by atoms with van der Waals surface area (Å²) < 4.78 is 5.19. The second-order valence-corrected chi connectivity index (χ2v) is 3.10. The molecule has 3 nitrogen and oxygen atoms in total. The third-order valence-electron chi connectivity index (χ3n) is 2.04. The number of benzene rings is 1. The van der Waals surface area contributed by atoms with Gasteiger partial charge in [0.05, 0.1) is 6.20 Å². The maximum absolute atomic E-state index is 5.37. The lowest BCUT2D eigenvalue weighted by Gasteiger charge is -1.96. The molecule has 0 aliphatic rings. The van der Waals surface area contributed by atoms with Gasteiger partial charge < -0.3 is 10.2 Å². The molecule has 0 aliphatic heterocycles. The predicted octanol–water partition coefficient (Wildman–Crippen LogP) is 2.31. The molecule has 1 heterocycles. The fourth-order valence-electron chi connectivity index (χ4n) is 1.31. The van der Waals surface area contributed by atoms with Crippen LogP contribution in [0.25, 0.3) is 17.5 Å². The summed E-state index contributed by atoms with van der Waals surface area (Å²) in [6.45, 7) is 0.557. The quantitative estimate of drug-likeness (QED) is 0.827. The summed E-state index contributed by atoms with van der Waals surface area (Å²) in [5.41, 5.74) is 7.47. The summed E-state index contributed by atoms with van der Waals surface area (Å²) in [4.78, 5) is 4.07. The van der Waals surface area contributed by atoms with Crippen LogP contribution in [0.3, 0.4) is 0 Å². The molecule has 0 saturated carbocycles. The van der Waals surface area contributed by atoms with Gasteiger partial charge in [-0.2, -0.15) is 0 Å². The Hall–Kier alpha value is -1.87. The highest BCUT2D eigenvalue weighted by molar-refractivity contribution is 5.58. The van der Waals surface area contributed by atoms with Crippen LogP contribution < -0.4 is 5.73 Å². The maximum Gasteiger partial charge on any atom is 0.225 e. The van der Waals surface area contributed by atoms with Crippen molar-refractivity contribution in [1.29, 1.82) is 0 Å². The van der Waals surface area contributed by atoms with Crippen molar-refractivity contribution in [3.63, 3.8) is 0 Å². The van der Waals surface area contributed by atoms with Gasteiger partial charge in [0, 0.05) is 12.1 Å². The molecule has 0 amide bonds. The summed E-state index contributed by atoms with van der Waals surface area (Å²) in [6.07, 6.45) is 7.11. The minimum atomic E-state index is 0.557. The topological polar surface area (TPSA) is 52.0 Å². The van der Waals surface area contributed by atoms with E-state index in [4.69, 9.17) is 10.2 Å². The van der Waals surface area contributed by atoms with E-state index in [0.717, 1.165) is 11.1 Å². The molecule has 76 valence electrons. The van der Waals surface area contributed by atoms with E-state index in [2.05, 4.69) is 4.98 Å². The summed E-state index contributed by atoms with van der Waals surface area (Å²) in [7, 11) is 0. The fourth-order valence-corrected chi connectivity index (χ4v) is 1.31. The van der Waals surface area contributed by atoms with Crippen molar-refractivity contribution in [3.05, 3.63) is 48.4 Å². The molecule has 0 spiro atoms. The second kappa shape index (κ2) is 4.57. The van der Waals surface area contributed by atoms with E-state index >= 15 is 0 Å². The van der Waals surface area contributed by atoms with Crippen molar-refractivity contribution in [2.24, 2.45) is 5.73 Å². The Morgan fingerprint density at radius 2 is 2.07 bits per heavy atom. The van der Waals surface area contributed by atoms with E-state index in [0.29, 0.717) is 12.4 Å². The highest BCUT2D eigenvalue weighted by Crippen LogP contribution is 2.17. The predicted molar refractivity (Wildman–Crippen MR) is 60.0 cm³/mol. The van der Waals surface area contributed by atoms with Crippen LogP contribution in [0.1, 0.15) is 5.56 Å². The van der Waals surface area contributed by atoms with E-state index < -0.39 is 0 Å². The Labute approximate surface area is 88.2 Å². The van der Waals surface area contributed by atoms with Gasteiger partial charge in [0.15, 0.2) is 0 Å². The van der Waals surface area contributed by atoms with E-state index in [1.807, 2.05) is 36.4 Å². The zero-order valence-corrected chi connectivity index (χ0v) is 8.26. The molecule has 0 atom stereocenters. The van der Waals surface area contributed by atoms with Crippen LogP contribution >= 0.6 is 0 Å². The van der Waals surface area contributed by atoms with Crippen molar-refractivity contribution in [2.75, 3.05) is 6.54 Å². The van der Waals surface area contributed by atoms with Crippen LogP contribution in [0.4, 0.5) is 0 Å². The summed E-state index contributed by atoms with van der Waals surface area (Å²) in [5.74, 6) is 0.643. The molecule has 2 rings (SSSR count). The van der Waals surface area contributed by atoms with Gasteiger partial charge in [0.2, 0.25) is 5.89 Å². The molecule has 0 aliphatic carbocycles. The molecule has 3 heteroatoms. The number of oxazole rings is 1. The largest absolute Gasteiger partial charge is 0.445 e. The van der Waals surface area contributed by atoms with Crippen LogP contribution in [-0.2, 0) is 0 Å². The number of nitrogens with two attached hydrogens (primary N) is 1. The third-order valence-corrected chi connectivity index (χ3v) is 2.04. The highest BCUT2D eigenvalue weighted by atomic mass is 16.3. The zero-order valence-electron chi connectivity index (χ0n) is 8.26. The highest BCUT2D eigenvalue weighted by Gasteiger charge is 2.00. The Balaban J connectivity index is 2.21. The lowest BCUT2D eigenvalue weighted by Crippen LogP contribution is -1.91. The van der Waals surface area contributed by atoms with E-state index in [-0.39, 0.29) is 0 Å². The molecule has 2 aromatic rings. The summed E-state index contributed by atoms with van der Waals surface area (Å²) >= 11 is 0. The Bertz CT molecular complexity index is 429. The van der Waals surface area contributed by atoms with Crippen LogP contribution in [0.15, 0.2) is 47.2 Å². The Kier molecular flexibility index (Phi) is 2.95. The van der Waals surface area contributed by atoms with Crippen molar-refractivity contribution >= 4 is 6.08 Å². The van der Waals surface area contributed by atoms with Gasteiger partial charge in [-0.1, -0.05) is 24.3 Å². The van der Waals surface area contributed by atoms with Crippen LogP contribution in [0.2, 0.25) is 0 Å². The van der Waals surface area contributed by atoms with E-state index in [1.165, 1.54) is 0 Å². The SMILES string of the molecule is NC/C=C/c1ccc(-c2ncco2)cc1. The second-order valence-electron chi connectivity index (χ2n) is 3.10. The lowest BCUT2D eigenvalue weighted by atomic mass is 10.1. The third kappa shape index (κ3) is 2.33. The number of hydrogen-bond donors (Lipinski definition) is 1. The van der Waals surface area contributed by atoms with E-state index in [1.54, 1.807) is 12.5 Å². The van der Waals surface area contributed by atoms with Crippen molar-refractivity contribution in [1.82, 2.24) is 4.98 Å². The normalized spacial score (nSPS) is 11.0. The number of nitrogens with zero attached hydrogens (tertiary/aromatic N) is 1. The first-order valence-electron chi connectivity index (χ1n) is 4.76. The molecule has 2 N–H and O–H groups in total. The summed E-state index contributed by atoms with van der Waals surface area (Å²) in [5, 5.41) is 0. The first-order valence-corrected chi connectivity index (χ1v) is 4.76. The molecule has 0 radical (unpaired) electrons. The lowest BCUT2D eigenvalue weighted by molar-refractivity contribution is 0.574. The van der Waals surface area contributed by atoms with Crippen LogP contribution in [0.5, 0.6) is 0 Å². The minimum Gasteiger partial charge on any atom is -0.445 e. The Morgan fingerprint density at radius 3 is 2.67 bits per heavy atom. The molecular formula is C12H12N2O. The van der Waals surface area contributed by atoms with Gasteiger partial charge in [-0.15, -0.1) is 0 Å². The van der Waals surface area contributed by atoms with Gasteiger partial charge in [-0.05, 0) is 17.7 Å². The monoisotopic (exact) mass is 200 g/mol.